The molecule has 1 aromatic heterocycles. The number of carbonyl (C=O) groups is 1. The zero-order chi connectivity index (χ0) is 13.5. The van der Waals surface area contributed by atoms with E-state index in [1.165, 1.54) is 0 Å². The van der Waals surface area contributed by atoms with E-state index in [0.29, 0.717) is 11.6 Å². The third kappa shape index (κ3) is 2.03. The Balaban J connectivity index is 1.58. The number of aromatic nitrogens is 3. The molecular weight excluding hydrogens is 323 g/mol. The molecular formula is C12H10N6OSe. The maximum absolute atomic E-state index is 12.1. The molecule has 1 aromatic carbocycles. The van der Waals surface area contributed by atoms with Gasteiger partial charge in [-0.25, -0.2) is 0 Å². The molecule has 0 unspecified atom stereocenters. The molecule has 0 radical (unpaired) electrons. The van der Waals surface area contributed by atoms with Crippen LogP contribution in [0.2, 0.25) is 0 Å². The van der Waals surface area contributed by atoms with Crippen LogP contribution in [0.25, 0.3) is 0 Å². The number of hydrogen-bond acceptors (Lipinski definition) is 5. The third-order valence-corrected chi connectivity index (χ3v) is 4.34. The van der Waals surface area contributed by atoms with Gasteiger partial charge in [0.1, 0.15) is 0 Å². The van der Waals surface area contributed by atoms with Gasteiger partial charge in [-0.3, -0.25) is 0 Å². The normalized spacial score (nSPS) is 15.8. The van der Waals surface area contributed by atoms with E-state index in [0.717, 1.165) is 30.0 Å². The first kappa shape index (κ1) is 11.7. The minimum atomic E-state index is -0.323. The second-order valence-electron chi connectivity index (χ2n) is 4.71. The van der Waals surface area contributed by atoms with Crippen LogP contribution in [0.5, 0.6) is 0 Å². The summed E-state index contributed by atoms with van der Waals surface area (Å²) in [6.07, 6.45) is 2.23. The molecule has 1 amide bonds. The number of amides is 1. The van der Waals surface area contributed by atoms with Crippen molar-refractivity contribution in [2.45, 2.75) is 18.8 Å². The van der Waals surface area contributed by atoms with E-state index in [2.05, 4.69) is 28.4 Å². The van der Waals surface area contributed by atoms with E-state index in [1.807, 2.05) is 18.2 Å². The summed E-state index contributed by atoms with van der Waals surface area (Å²) < 4.78 is 8.60. The van der Waals surface area contributed by atoms with E-state index in [9.17, 15) is 4.79 Å². The van der Waals surface area contributed by atoms with Crippen molar-refractivity contribution in [3.05, 3.63) is 29.8 Å². The molecule has 1 fully saturated rings. The molecule has 2 aliphatic rings. The fourth-order valence-electron chi connectivity index (χ4n) is 2.00. The third-order valence-electron chi connectivity index (χ3n) is 3.20. The fourth-order valence-corrected chi connectivity index (χ4v) is 3.15. The fraction of sp³-hybridized carbons (Fsp3) is 0.250. The average Bonchev–Trinajstić information content (AvgIpc) is 3.01. The molecule has 2 aromatic rings. The summed E-state index contributed by atoms with van der Waals surface area (Å²) in [6, 6.07) is 5.55. The number of H-pyrrole nitrogens is 1. The number of rotatable bonds is 3. The Hall–Kier alpha value is -2.05. The Morgan fingerprint density at radius 1 is 1.35 bits per heavy atom. The monoisotopic (exact) mass is 334 g/mol. The first-order valence-electron chi connectivity index (χ1n) is 6.26. The molecule has 0 spiro atoms. The van der Waals surface area contributed by atoms with Gasteiger partial charge in [-0.05, 0) is 0 Å². The van der Waals surface area contributed by atoms with Crippen LogP contribution < -0.4 is 5.32 Å². The molecule has 2 N–H and O–H groups in total. The average molecular weight is 333 g/mol. The summed E-state index contributed by atoms with van der Waals surface area (Å²) in [5, 5.41) is 9.60. The van der Waals surface area contributed by atoms with Gasteiger partial charge in [0.25, 0.3) is 0 Å². The number of benzene rings is 1. The van der Waals surface area contributed by atoms with Crippen molar-refractivity contribution in [1.82, 2.24) is 15.2 Å². The molecule has 0 atom stereocenters. The number of aromatic amines is 1. The molecule has 4 rings (SSSR count). The quantitative estimate of drug-likeness (QED) is 0.720. The summed E-state index contributed by atoms with van der Waals surface area (Å²) >= 11 is -0.118. The van der Waals surface area contributed by atoms with Crippen molar-refractivity contribution in [2.24, 2.45) is 7.92 Å². The summed E-state index contributed by atoms with van der Waals surface area (Å²) in [6.45, 7) is 0. The van der Waals surface area contributed by atoms with Crippen LogP contribution in [-0.4, -0.2) is 35.7 Å². The topological polar surface area (TPSA) is 95.4 Å². The van der Waals surface area contributed by atoms with Gasteiger partial charge in [0, 0.05) is 0 Å². The van der Waals surface area contributed by atoms with Gasteiger partial charge >= 0.3 is 119 Å². The van der Waals surface area contributed by atoms with Gasteiger partial charge in [-0.2, -0.15) is 0 Å². The molecule has 1 aliphatic heterocycles. The number of hydrogen-bond donors (Lipinski definition) is 2. The molecule has 1 aliphatic carbocycles. The predicted octanol–water partition coefficient (Wildman–Crippen LogP) is 2.28. The van der Waals surface area contributed by atoms with Gasteiger partial charge in [0.15, 0.2) is 0 Å². The summed E-state index contributed by atoms with van der Waals surface area (Å²) in [4.78, 5) is 16.4. The molecule has 1 saturated carbocycles. The van der Waals surface area contributed by atoms with Gasteiger partial charge in [0.05, 0.1) is 0 Å². The summed E-state index contributed by atoms with van der Waals surface area (Å²) in [5.74, 6) is 1.10. The second kappa shape index (κ2) is 4.50. The van der Waals surface area contributed by atoms with Crippen molar-refractivity contribution < 1.29 is 4.79 Å². The second-order valence-corrected chi connectivity index (χ2v) is 5.82. The van der Waals surface area contributed by atoms with Gasteiger partial charge < -0.3 is 0 Å². The molecule has 20 heavy (non-hydrogen) atoms. The van der Waals surface area contributed by atoms with Crippen molar-refractivity contribution in [3.63, 3.8) is 0 Å². The number of nitrogens with zero attached hydrogens (tertiary/aromatic N) is 4. The van der Waals surface area contributed by atoms with Crippen molar-refractivity contribution in [1.29, 1.82) is 0 Å². The molecule has 0 saturated heterocycles. The zero-order valence-corrected chi connectivity index (χ0v) is 12.0. The van der Waals surface area contributed by atoms with E-state index in [4.69, 9.17) is 0 Å². The van der Waals surface area contributed by atoms with Crippen LogP contribution in [0.1, 0.15) is 35.2 Å². The number of carbonyl (C=O) groups excluding carboxylic acids is 1. The Morgan fingerprint density at radius 2 is 2.25 bits per heavy atom. The Bertz CT molecular complexity index is 772. The van der Waals surface area contributed by atoms with E-state index < -0.39 is 0 Å². The Kier molecular flexibility index (Phi) is 2.64. The molecule has 2 heterocycles. The maximum atomic E-state index is 12.1. The number of anilines is 1. The van der Waals surface area contributed by atoms with Gasteiger partial charge in [-0.1, -0.05) is 0 Å². The van der Waals surface area contributed by atoms with Crippen LogP contribution in [0.4, 0.5) is 17.1 Å². The van der Waals surface area contributed by atoms with E-state index in [-0.39, 0.29) is 26.3 Å². The molecule has 100 valence electrons. The van der Waals surface area contributed by atoms with Gasteiger partial charge in [0.2, 0.25) is 0 Å². The summed E-state index contributed by atoms with van der Waals surface area (Å²) in [5.41, 5.74) is 2.24. The predicted molar refractivity (Wildman–Crippen MR) is 72.7 cm³/mol. The molecule has 0 bridgehead atoms. The SMILES string of the molecule is O=C(Nc1cccc2c1N=[Se]=N2)c1n[nH]c(C2CC2)n1. The number of nitrogens with one attached hydrogen (secondary N) is 2. The van der Waals surface area contributed by atoms with Crippen molar-refractivity contribution in [3.8, 4) is 0 Å². The van der Waals surface area contributed by atoms with Crippen LogP contribution in [-0.2, 0) is 0 Å². The Labute approximate surface area is 120 Å². The van der Waals surface area contributed by atoms with Crippen molar-refractivity contribution >= 4 is 37.5 Å². The first-order chi connectivity index (χ1) is 9.81. The standard InChI is InChI=1S/C12H10N6OSe/c19-12(11-14-10(15-16-11)6-4-5-6)13-7-2-1-3-8-9(7)18-20-17-8/h1-3,6H,4-5H2,(H,13,19)(H,14,15,16). The minimum absolute atomic E-state index is 0.118. The first-order valence-corrected chi connectivity index (χ1v) is 7.79. The zero-order valence-electron chi connectivity index (χ0n) is 10.3. The number of fused-ring (bicyclic) bond motifs is 1. The van der Waals surface area contributed by atoms with Crippen molar-refractivity contribution in [2.75, 3.05) is 5.32 Å². The van der Waals surface area contributed by atoms with Gasteiger partial charge in [-0.15, -0.1) is 0 Å². The van der Waals surface area contributed by atoms with Crippen LogP contribution in [0.3, 0.4) is 0 Å². The molecule has 8 heteroatoms. The van der Waals surface area contributed by atoms with Crippen LogP contribution in [0, 0.1) is 0 Å². The molecule has 7 nitrogen and oxygen atoms in total. The van der Waals surface area contributed by atoms with Crippen LogP contribution in [0.15, 0.2) is 26.1 Å². The summed E-state index contributed by atoms with van der Waals surface area (Å²) in [7, 11) is 0. The van der Waals surface area contributed by atoms with E-state index in [1.54, 1.807) is 0 Å². The van der Waals surface area contributed by atoms with E-state index >= 15 is 0 Å². The Morgan fingerprint density at radius 3 is 3.10 bits per heavy atom. The van der Waals surface area contributed by atoms with Crippen LogP contribution >= 0.6 is 0 Å².